The molecular formula is C17H23Cl2NO. The highest BCUT2D eigenvalue weighted by molar-refractivity contribution is 6.42. The summed E-state index contributed by atoms with van der Waals surface area (Å²) in [7, 11) is 0. The van der Waals surface area contributed by atoms with Gasteiger partial charge in [0, 0.05) is 12.6 Å². The summed E-state index contributed by atoms with van der Waals surface area (Å²) < 4.78 is 0. The zero-order valence-electron chi connectivity index (χ0n) is 13.0. The molecule has 4 heteroatoms. The summed E-state index contributed by atoms with van der Waals surface area (Å²) in [5.41, 5.74) is 0.851. The molecule has 1 aromatic rings. The van der Waals surface area contributed by atoms with Crippen LogP contribution in [0.1, 0.15) is 33.3 Å². The molecule has 0 unspecified atom stereocenters. The first-order valence-electron chi connectivity index (χ1n) is 7.22. The molecule has 0 heterocycles. The highest BCUT2D eigenvalue weighted by Gasteiger charge is 2.17. The second kappa shape index (κ2) is 8.45. The molecule has 116 valence electrons. The molecule has 0 bridgehead atoms. The molecule has 0 atom stereocenters. The van der Waals surface area contributed by atoms with Crippen molar-refractivity contribution in [3.05, 3.63) is 39.9 Å². The lowest BCUT2D eigenvalue weighted by Crippen LogP contribution is -2.32. The standard InChI is InChI=1S/C17H23Cl2NO/c1-11(2)14(12(3)4)10-20-17(21)8-6-13-5-7-15(18)16(19)9-13/h5-9,11-12,14H,10H2,1-4H3,(H,20,21)/b8-6+. The van der Waals surface area contributed by atoms with Crippen molar-refractivity contribution in [2.24, 2.45) is 17.8 Å². The van der Waals surface area contributed by atoms with Gasteiger partial charge in [-0.05, 0) is 41.5 Å². The van der Waals surface area contributed by atoms with E-state index < -0.39 is 0 Å². The van der Waals surface area contributed by atoms with Crippen LogP contribution in [0.25, 0.3) is 6.08 Å². The average Bonchev–Trinajstić information content (AvgIpc) is 2.39. The lowest BCUT2D eigenvalue weighted by molar-refractivity contribution is -0.116. The van der Waals surface area contributed by atoms with E-state index in [9.17, 15) is 4.79 Å². The van der Waals surface area contributed by atoms with E-state index in [1.807, 2.05) is 6.07 Å². The van der Waals surface area contributed by atoms with E-state index in [1.165, 1.54) is 6.08 Å². The number of amides is 1. The van der Waals surface area contributed by atoms with Crippen LogP contribution in [0.5, 0.6) is 0 Å². The fourth-order valence-corrected chi connectivity index (χ4v) is 2.61. The molecule has 0 fully saturated rings. The Balaban J connectivity index is 2.56. The van der Waals surface area contributed by atoms with Gasteiger partial charge in [0.05, 0.1) is 10.0 Å². The molecule has 1 rings (SSSR count). The van der Waals surface area contributed by atoms with Gasteiger partial charge in [-0.1, -0.05) is 57.0 Å². The summed E-state index contributed by atoms with van der Waals surface area (Å²) >= 11 is 11.8. The Morgan fingerprint density at radius 2 is 1.76 bits per heavy atom. The Morgan fingerprint density at radius 1 is 1.14 bits per heavy atom. The highest BCUT2D eigenvalue weighted by Crippen LogP contribution is 2.23. The lowest BCUT2D eigenvalue weighted by Gasteiger charge is -2.24. The Morgan fingerprint density at radius 3 is 2.29 bits per heavy atom. The largest absolute Gasteiger partial charge is 0.352 e. The molecule has 21 heavy (non-hydrogen) atoms. The van der Waals surface area contributed by atoms with Crippen molar-refractivity contribution < 1.29 is 4.79 Å². The van der Waals surface area contributed by atoms with Crippen molar-refractivity contribution in [3.8, 4) is 0 Å². The van der Waals surface area contributed by atoms with Crippen molar-refractivity contribution in [1.29, 1.82) is 0 Å². The minimum atomic E-state index is -0.0904. The van der Waals surface area contributed by atoms with E-state index in [2.05, 4.69) is 33.0 Å². The zero-order valence-corrected chi connectivity index (χ0v) is 14.5. The first-order valence-corrected chi connectivity index (χ1v) is 7.97. The molecule has 1 aromatic carbocycles. The molecule has 0 saturated carbocycles. The molecule has 0 aliphatic heterocycles. The SMILES string of the molecule is CC(C)C(CNC(=O)/C=C/c1ccc(Cl)c(Cl)c1)C(C)C. The van der Waals surface area contributed by atoms with Crippen LogP contribution in [0.4, 0.5) is 0 Å². The topological polar surface area (TPSA) is 29.1 Å². The van der Waals surface area contributed by atoms with Crippen molar-refractivity contribution in [1.82, 2.24) is 5.32 Å². The first-order chi connectivity index (χ1) is 9.81. The Labute approximate surface area is 137 Å². The van der Waals surface area contributed by atoms with Gasteiger partial charge in [0.25, 0.3) is 0 Å². The van der Waals surface area contributed by atoms with Crippen LogP contribution in [0.3, 0.4) is 0 Å². The van der Waals surface area contributed by atoms with Crippen LogP contribution in [0.15, 0.2) is 24.3 Å². The summed E-state index contributed by atoms with van der Waals surface area (Å²) in [5.74, 6) is 1.48. The van der Waals surface area contributed by atoms with Crippen molar-refractivity contribution in [3.63, 3.8) is 0 Å². The predicted octanol–water partition coefficient (Wildman–Crippen LogP) is 5.05. The lowest BCUT2D eigenvalue weighted by atomic mass is 9.85. The third kappa shape index (κ3) is 6.11. The molecule has 0 aromatic heterocycles. The van der Waals surface area contributed by atoms with E-state index in [1.54, 1.807) is 18.2 Å². The molecule has 1 N–H and O–H groups in total. The number of hydrogen-bond donors (Lipinski definition) is 1. The van der Waals surface area contributed by atoms with Gasteiger partial charge in [-0.25, -0.2) is 0 Å². The van der Waals surface area contributed by atoms with E-state index in [0.717, 1.165) is 5.56 Å². The summed E-state index contributed by atoms with van der Waals surface area (Å²) in [5, 5.41) is 3.95. The van der Waals surface area contributed by atoms with Crippen molar-refractivity contribution >= 4 is 35.2 Å². The molecule has 1 amide bonds. The van der Waals surface area contributed by atoms with E-state index in [4.69, 9.17) is 23.2 Å². The van der Waals surface area contributed by atoms with E-state index >= 15 is 0 Å². The zero-order chi connectivity index (χ0) is 16.0. The van der Waals surface area contributed by atoms with Gasteiger partial charge in [-0.2, -0.15) is 0 Å². The molecule has 0 radical (unpaired) electrons. The number of carbonyl (C=O) groups is 1. The Bertz CT molecular complexity index is 502. The fourth-order valence-electron chi connectivity index (χ4n) is 2.31. The maximum atomic E-state index is 11.9. The first kappa shape index (κ1) is 18.1. The van der Waals surface area contributed by atoms with Crippen molar-refractivity contribution in [2.45, 2.75) is 27.7 Å². The summed E-state index contributed by atoms with van der Waals surface area (Å²) in [4.78, 5) is 11.9. The normalized spacial score (nSPS) is 11.9. The number of nitrogens with one attached hydrogen (secondary N) is 1. The van der Waals surface area contributed by atoms with Crippen LogP contribution >= 0.6 is 23.2 Å². The second-order valence-electron chi connectivity index (χ2n) is 5.90. The van der Waals surface area contributed by atoms with Gasteiger partial charge in [-0.3, -0.25) is 4.79 Å². The minimum Gasteiger partial charge on any atom is -0.352 e. The molecule has 2 nitrogen and oxygen atoms in total. The van der Waals surface area contributed by atoms with Crippen LogP contribution in [-0.2, 0) is 4.79 Å². The van der Waals surface area contributed by atoms with E-state index in [0.29, 0.717) is 34.3 Å². The average molecular weight is 328 g/mol. The summed E-state index contributed by atoms with van der Waals surface area (Å²) in [6, 6.07) is 5.27. The monoisotopic (exact) mass is 327 g/mol. The van der Waals surface area contributed by atoms with Gasteiger partial charge in [0.15, 0.2) is 0 Å². The van der Waals surface area contributed by atoms with Gasteiger partial charge in [0.2, 0.25) is 5.91 Å². The second-order valence-corrected chi connectivity index (χ2v) is 6.72. The fraction of sp³-hybridized carbons (Fsp3) is 0.471. The van der Waals surface area contributed by atoms with Crippen LogP contribution < -0.4 is 5.32 Å². The number of rotatable bonds is 6. The number of hydrogen-bond acceptors (Lipinski definition) is 1. The predicted molar refractivity (Wildman–Crippen MR) is 91.7 cm³/mol. The highest BCUT2D eigenvalue weighted by atomic mass is 35.5. The van der Waals surface area contributed by atoms with Crippen LogP contribution in [-0.4, -0.2) is 12.5 Å². The van der Waals surface area contributed by atoms with Crippen LogP contribution in [0.2, 0.25) is 10.0 Å². The van der Waals surface area contributed by atoms with Crippen LogP contribution in [0, 0.1) is 17.8 Å². The van der Waals surface area contributed by atoms with Gasteiger partial charge in [0.1, 0.15) is 0 Å². The maximum absolute atomic E-state index is 11.9. The van der Waals surface area contributed by atoms with E-state index in [-0.39, 0.29) is 5.91 Å². The third-order valence-corrected chi connectivity index (χ3v) is 4.33. The Hall–Kier alpha value is -0.990. The smallest absolute Gasteiger partial charge is 0.244 e. The summed E-state index contributed by atoms with van der Waals surface area (Å²) in [6.07, 6.45) is 3.26. The number of carbonyl (C=O) groups excluding carboxylic acids is 1. The molecule has 0 aliphatic carbocycles. The minimum absolute atomic E-state index is 0.0904. The molecule has 0 saturated heterocycles. The van der Waals surface area contributed by atoms with Gasteiger partial charge >= 0.3 is 0 Å². The third-order valence-electron chi connectivity index (χ3n) is 3.60. The maximum Gasteiger partial charge on any atom is 0.244 e. The van der Waals surface area contributed by atoms with Gasteiger partial charge < -0.3 is 5.32 Å². The van der Waals surface area contributed by atoms with Gasteiger partial charge in [-0.15, -0.1) is 0 Å². The number of benzene rings is 1. The molecular weight excluding hydrogens is 305 g/mol. The molecule has 0 spiro atoms. The number of halogens is 2. The molecule has 0 aliphatic rings. The Kier molecular flexibility index (Phi) is 7.27. The quantitative estimate of drug-likeness (QED) is 0.727. The summed E-state index contributed by atoms with van der Waals surface area (Å²) in [6.45, 7) is 9.43. The van der Waals surface area contributed by atoms with Crippen molar-refractivity contribution in [2.75, 3.05) is 6.54 Å².